The van der Waals surface area contributed by atoms with Crippen molar-refractivity contribution in [1.82, 2.24) is 9.71 Å². The molecule has 1 unspecified atom stereocenters. The number of aromatic nitrogens is 1. The van der Waals surface area contributed by atoms with Gasteiger partial charge in [-0.15, -0.1) is 0 Å². The van der Waals surface area contributed by atoms with Crippen LogP contribution in [-0.4, -0.2) is 30.5 Å². The van der Waals surface area contributed by atoms with Gasteiger partial charge in [0.2, 0.25) is 10.0 Å². The lowest BCUT2D eigenvalue weighted by atomic mass is 10.1. The summed E-state index contributed by atoms with van der Waals surface area (Å²) < 4.78 is 26.9. The Hall–Kier alpha value is -2.25. The summed E-state index contributed by atoms with van der Waals surface area (Å²) in [5.74, 6) is -1.56. The number of benzene rings is 1. The summed E-state index contributed by atoms with van der Waals surface area (Å²) in [6.45, 7) is 3.29. The van der Waals surface area contributed by atoms with Crippen LogP contribution in [0.25, 0.3) is 11.1 Å². The molecule has 2 rings (SSSR count). The number of hydrogen-bond acceptors (Lipinski definition) is 4. The smallest absolute Gasteiger partial charge is 0.322 e. The second-order valence-corrected chi connectivity index (χ2v) is 7.16. The van der Waals surface area contributed by atoms with Gasteiger partial charge in [0.15, 0.2) is 0 Å². The fraction of sp³-hybridized carbons (Fsp3) is 0.250. The summed E-state index contributed by atoms with van der Waals surface area (Å²) >= 11 is 0. The zero-order valence-electron chi connectivity index (χ0n) is 12.8. The summed E-state index contributed by atoms with van der Waals surface area (Å²) in [7, 11) is -3.89. The lowest BCUT2D eigenvalue weighted by Gasteiger charge is -2.18. The number of carboxylic acid groups (broad SMARTS) is 1. The van der Waals surface area contributed by atoms with E-state index in [-0.39, 0.29) is 10.8 Å². The van der Waals surface area contributed by atoms with Crippen molar-refractivity contribution < 1.29 is 18.3 Å². The average molecular weight is 334 g/mol. The third-order valence-corrected chi connectivity index (χ3v) is 4.85. The van der Waals surface area contributed by atoms with Crippen LogP contribution >= 0.6 is 0 Å². The third-order valence-electron chi connectivity index (χ3n) is 3.39. The number of carboxylic acids is 1. The van der Waals surface area contributed by atoms with Crippen LogP contribution in [0.2, 0.25) is 0 Å². The molecule has 7 heteroatoms. The van der Waals surface area contributed by atoms with E-state index in [9.17, 15) is 13.2 Å². The molecule has 122 valence electrons. The second kappa shape index (κ2) is 6.89. The van der Waals surface area contributed by atoms with Crippen molar-refractivity contribution >= 4 is 16.0 Å². The van der Waals surface area contributed by atoms with Crippen molar-refractivity contribution in [2.75, 3.05) is 0 Å². The van der Waals surface area contributed by atoms with Crippen molar-refractivity contribution in [3.63, 3.8) is 0 Å². The molecular weight excluding hydrogens is 316 g/mol. The largest absolute Gasteiger partial charge is 0.480 e. The van der Waals surface area contributed by atoms with E-state index in [1.165, 1.54) is 12.1 Å². The van der Waals surface area contributed by atoms with Crippen LogP contribution in [0.15, 0.2) is 53.7 Å². The molecule has 2 N–H and O–H groups in total. The first-order chi connectivity index (χ1) is 10.8. The maximum atomic E-state index is 12.3. The topological polar surface area (TPSA) is 96.4 Å². The van der Waals surface area contributed by atoms with E-state index in [2.05, 4.69) is 9.71 Å². The molecule has 0 bridgehead atoms. The molecule has 6 nitrogen and oxygen atoms in total. The molecule has 0 spiro atoms. The van der Waals surface area contributed by atoms with Crippen molar-refractivity contribution in [2.45, 2.75) is 24.8 Å². The predicted molar refractivity (Wildman–Crippen MR) is 86.3 cm³/mol. The predicted octanol–water partition coefficient (Wildman–Crippen LogP) is 2.14. The lowest BCUT2D eigenvalue weighted by molar-refractivity contribution is -0.140. The SMILES string of the molecule is CC(C)C(NS(=O)(=O)c1ccc(-c2ccncc2)cc1)C(=O)O. The molecule has 2 aromatic rings. The molecule has 0 aliphatic heterocycles. The molecule has 0 saturated carbocycles. The fourth-order valence-electron chi connectivity index (χ4n) is 2.08. The molecule has 1 atom stereocenters. The maximum absolute atomic E-state index is 12.3. The first-order valence-corrected chi connectivity index (χ1v) is 8.55. The average Bonchev–Trinajstić information content (AvgIpc) is 2.53. The fourth-order valence-corrected chi connectivity index (χ4v) is 3.42. The summed E-state index contributed by atoms with van der Waals surface area (Å²) in [6, 6.07) is 8.74. The van der Waals surface area contributed by atoms with Gasteiger partial charge in [-0.3, -0.25) is 9.78 Å². The van der Waals surface area contributed by atoms with Gasteiger partial charge in [-0.05, 0) is 41.3 Å². The van der Waals surface area contributed by atoms with Crippen LogP contribution in [-0.2, 0) is 14.8 Å². The Morgan fingerprint density at radius 2 is 1.57 bits per heavy atom. The van der Waals surface area contributed by atoms with E-state index in [0.29, 0.717) is 0 Å². The van der Waals surface area contributed by atoms with Gasteiger partial charge in [-0.25, -0.2) is 8.42 Å². The Morgan fingerprint density at radius 3 is 2.04 bits per heavy atom. The van der Waals surface area contributed by atoms with Crippen LogP contribution in [0.5, 0.6) is 0 Å². The van der Waals surface area contributed by atoms with Gasteiger partial charge < -0.3 is 5.11 Å². The van der Waals surface area contributed by atoms with Crippen molar-refractivity contribution in [2.24, 2.45) is 5.92 Å². The van der Waals surface area contributed by atoms with Crippen molar-refractivity contribution in [1.29, 1.82) is 0 Å². The van der Waals surface area contributed by atoms with Gasteiger partial charge in [0, 0.05) is 12.4 Å². The molecule has 0 radical (unpaired) electrons. The van der Waals surface area contributed by atoms with Gasteiger partial charge in [-0.1, -0.05) is 26.0 Å². The summed E-state index contributed by atoms with van der Waals surface area (Å²) in [5, 5.41) is 9.11. The second-order valence-electron chi connectivity index (χ2n) is 5.44. The Morgan fingerprint density at radius 1 is 1.04 bits per heavy atom. The molecule has 1 aromatic heterocycles. The van der Waals surface area contributed by atoms with E-state index in [4.69, 9.17) is 5.11 Å². The highest BCUT2D eigenvalue weighted by Crippen LogP contribution is 2.21. The van der Waals surface area contributed by atoms with Gasteiger partial charge >= 0.3 is 5.97 Å². The first kappa shape index (κ1) is 17.1. The Bertz CT molecular complexity index is 771. The van der Waals surface area contributed by atoms with Crippen molar-refractivity contribution in [3.8, 4) is 11.1 Å². The van der Waals surface area contributed by atoms with Crippen LogP contribution in [0.4, 0.5) is 0 Å². The summed E-state index contributed by atoms with van der Waals surface area (Å²) in [5.41, 5.74) is 1.77. The third kappa shape index (κ3) is 4.14. The number of rotatable bonds is 6. The number of aliphatic carboxylic acids is 1. The molecule has 0 aliphatic carbocycles. The standard InChI is InChI=1S/C16H18N2O4S/c1-11(2)15(16(19)20)18-23(21,22)14-5-3-12(4-6-14)13-7-9-17-10-8-13/h3-11,15,18H,1-2H3,(H,19,20). The minimum Gasteiger partial charge on any atom is -0.480 e. The molecule has 1 heterocycles. The normalized spacial score (nSPS) is 13.0. The highest BCUT2D eigenvalue weighted by molar-refractivity contribution is 7.89. The monoisotopic (exact) mass is 334 g/mol. The molecule has 23 heavy (non-hydrogen) atoms. The van der Waals surface area contributed by atoms with Crippen LogP contribution in [0.3, 0.4) is 0 Å². The van der Waals surface area contributed by atoms with E-state index < -0.39 is 22.0 Å². The lowest BCUT2D eigenvalue weighted by Crippen LogP contribution is -2.44. The Balaban J connectivity index is 2.26. The molecule has 0 fully saturated rings. The van der Waals surface area contributed by atoms with Gasteiger partial charge in [0.25, 0.3) is 0 Å². The summed E-state index contributed by atoms with van der Waals surface area (Å²) in [4.78, 5) is 15.1. The number of nitrogens with one attached hydrogen (secondary N) is 1. The minimum atomic E-state index is -3.89. The van der Waals surface area contributed by atoms with Crippen molar-refractivity contribution in [3.05, 3.63) is 48.8 Å². The minimum absolute atomic E-state index is 0.0298. The molecule has 0 aliphatic rings. The molecular formula is C16H18N2O4S. The number of pyridine rings is 1. The van der Waals surface area contributed by atoms with Crippen LogP contribution in [0.1, 0.15) is 13.8 Å². The molecule has 1 aromatic carbocycles. The van der Waals surface area contributed by atoms with Crippen LogP contribution < -0.4 is 4.72 Å². The van der Waals surface area contributed by atoms with Gasteiger partial charge in [-0.2, -0.15) is 4.72 Å². The van der Waals surface area contributed by atoms with E-state index >= 15 is 0 Å². The summed E-state index contributed by atoms with van der Waals surface area (Å²) in [6.07, 6.45) is 3.31. The number of carbonyl (C=O) groups is 1. The number of nitrogens with zero attached hydrogens (tertiary/aromatic N) is 1. The Labute approximate surface area is 135 Å². The number of hydrogen-bond donors (Lipinski definition) is 2. The zero-order chi connectivity index (χ0) is 17.0. The van der Waals surface area contributed by atoms with E-state index in [0.717, 1.165) is 11.1 Å². The highest BCUT2D eigenvalue weighted by atomic mass is 32.2. The van der Waals surface area contributed by atoms with Gasteiger partial charge in [0.1, 0.15) is 6.04 Å². The Kier molecular flexibility index (Phi) is 5.12. The highest BCUT2D eigenvalue weighted by Gasteiger charge is 2.27. The van der Waals surface area contributed by atoms with E-state index in [1.54, 1.807) is 38.4 Å². The zero-order valence-corrected chi connectivity index (χ0v) is 13.6. The number of sulfonamides is 1. The first-order valence-electron chi connectivity index (χ1n) is 7.07. The molecule has 0 saturated heterocycles. The molecule has 0 amide bonds. The maximum Gasteiger partial charge on any atom is 0.322 e. The van der Waals surface area contributed by atoms with Gasteiger partial charge in [0.05, 0.1) is 4.90 Å². The quantitative estimate of drug-likeness (QED) is 0.843. The van der Waals surface area contributed by atoms with E-state index in [1.807, 2.05) is 12.1 Å². The van der Waals surface area contributed by atoms with Crippen LogP contribution in [0, 0.1) is 5.92 Å².